The van der Waals surface area contributed by atoms with Gasteiger partial charge in [-0.15, -0.1) is 12.4 Å². The lowest BCUT2D eigenvalue weighted by Crippen LogP contribution is -2.13. The molecule has 0 saturated heterocycles. The molecule has 0 aliphatic heterocycles. The molecule has 92 valence electrons. The number of hydrogen-bond acceptors (Lipinski definition) is 2. The van der Waals surface area contributed by atoms with Gasteiger partial charge in [-0.2, -0.15) is 0 Å². The number of benzene rings is 1. The van der Waals surface area contributed by atoms with Crippen LogP contribution in [0.25, 0.3) is 0 Å². The zero-order chi connectivity index (χ0) is 11.3. The number of unbranched alkanes of at least 4 members (excludes halogenated alkanes) is 1. The van der Waals surface area contributed by atoms with Gasteiger partial charge in [0.15, 0.2) is 11.6 Å². The standard InChI is InChI=1S/C11H16F2N2.ClH/c12-9-5-3-4-8(11(9)13)10(15)6-1-2-7-14;/h3-5,10H,1-2,6-7,14-15H2;1H/t10-;/m0./s1. The largest absolute Gasteiger partial charge is 0.330 e. The molecular weight excluding hydrogens is 234 g/mol. The molecule has 0 fully saturated rings. The fourth-order valence-electron chi connectivity index (χ4n) is 1.47. The Hall–Kier alpha value is -0.710. The van der Waals surface area contributed by atoms with Gasteiger partial charge < -0.3 is 11.5 Å². The van der Waals surface area contributed by atoms with Gasteiger partial charge in [-0.1, -0.05) is 18.6 Å². The lowest BCUT2D eigenvalue weighted by molar-refractivity contribution is 0.479. The Morgan fingerprint density at radius 2 is 1.88 bits per heavy atom. The summed E-state index contributed by atoms with van der Waals surface area (Å²) in [4.78, 5) is 0. The van der Waals surface area contributed by atoms with Crippen molar-refractivity contribution in [2.75, 3.05) is 6.54 Å². The van der Waals surface area contributed by atoms with Crippen LogP contribution in [0.15, 0.2) is 18.2 Å². The van der Waals surface area contributed by atoms with Gasteiger partial charge in [0, 0.05) is 11.6 Å². The summed E-state index contributed by atoms with van der Waals surface area (Å²) < 4.78 is 26.2. The fourth-order valence-corrected chi connectivity index (χ4v) is 1.47. The van der Waals surface area contributed by atoms with Crippen molar-refractivity contribution in [3.8, 4) is 0 Å². The zero-order valence-corrected chi connectivity index (χ0v) is 9.77. The molecule has 0 bridgehead atoms. The van der Waals surface area contributed by atoms with Gasteiger partial charge in [0.05, 0.1) is 0 Å². The van der Waals surface area contributed by atoms with Crippen molar-refractivity contribution in [2.24, 2.45) is 11.5 Å². The highest BCUT2D eigenvalue weighted by molar-refractivity contribution is 5.85. The highest BCUT2D eigenvalue weighted by Crippen LogP contribution is 2.21. The maximum Gasteiger partial charge on any atom is 0.163 e. The first-order valence-electron chi connectivity index (χ1n) is 5.06. The Bertz CT molecular complexity index is 321. The molecule has 0 unspecified atom stereocenters. The second-order valence-electron chi connectivity index (χ2n) is 3.53. The van der Waals surface area contributed by atoms with E-state index in [1.807, 2.05) is 0 Å². The molecule has 1 aromatic carbocycles. The summed E-state index contributed by atoms with van der Waals surface area (Å²) >= 11 is 0. The summed E-state index contributed by atoms with van der Waals surface area (Å²) in [5.74, 6) is -1.68. The number of nitrogens with two attached hydrogens (primary N) is 2. The summed E-state index contributed by atoms with van der Waals surface area (Å²) in [7, 11) is 0. The molecule has 5 heteroatoms. The van der Waals surface area contributed by atoms with Crippen molar-refractivity contribution in [2.45, 2.75) is 25.3 Å². The molecule has 4 N–H and O–H groups in total. The highest BCUT2D eigenvalue weighted by Gasteiger charge is 2.13. The topological polar surface area (TPSA) is 52.0 Å². The third-order valence-electron chi connectivity index (χ3n) is 2.35. The smallest absolute Gasteiger partial charge is 0.163 e. The zero-order valence-electron chi connectivity index (χ0n) is 8.96. The molecule has 1 rings (SSSR count). The van der Waals surface area contributed by atoms with Crippen LogP contribution in [0.5, 0.6) is 0 Å². The minimum absolute atomic E-state index is 0. The predicted molar refractivity (Wildman–Crippen MR) is 63.4 cm³/mol. The van der Waals surface area contributed by atoms with E-state index in [1.54, 1.807) is 0 Å². The van der Waals surface area contributed by atoms with E-state index in [1.165, 1.54) is 12.1 Å². The predicted octanol–water partition coefficient (Wildman–Crippen LogP) is 2.52. The molecule has 0 aromatic heterocycles. The van der Waals surface area contributed by atoms with Gasteiger partial charge in [-0.3, -0.25) is 0 Å². The van der Waals surface area contributed by atoms with Crippen molar-refractivity contribution in [1.29, 1.82) is 0 Å². The van der Waals surface area contributed by atoms with Gasteiger partial charge in [0.25, 0.3) is 0 Å². The van der Waals surface area contributed by atoms with E-state index >= 15 is 0 Å². The monoisotopic (exact) mass is 250 g/mol. The third-order valence-corrected chi connectivity index (χ3v) is 2.35. The summed E-state index contributed by atoms with van der Waals surface area (Å²) in [6.45, 7) is 0.596. The number of halogens is 3. The molecule has 0 aliphatic carbocycles. The SMILES string of the molecule is Cl.NCCCC[C@H](N)c1cccc(F)c1F. The van der Waals surface area contributed by atoms with Gasteiger partial charge >= 0.3 is 0 Å². The molecule has 16 heavy (non-hydrogen) atoms. The first kappa shape index (κ1) is 15.3. The van der Waals surface area contributed by atoms with E-state index in [9.17, 15) is 8.78 Å². The van der Waals surface area contributed by atoms with Crippen molar-refractivity contribution in [1.82, 2.24) is 0 Å². The Labute approximate surface area is 100 Å². The van der Waals surface area contributed by atoms with Crippen LogP contribution in [0.3, 0.4) is 0 Å². The van der Waals surface area contributed by atoms with E-state index in [-0.39, 0.29) is 18.0 Å². The summed E-state index contributed by atoms with van der Waals surface area (Å²) in [6, 6.07) is 3.63. The summed E-state index contributed by atoms with van der Waals surface area (Å²) in [6.07, 6.45) is 2.30. The van der Waals surface area contributed by atoms with Crippen LogP contribution in [0, 0.1) is 11.6 Å². The molecule has 0 aliphatic rings. The molecule has 0 saturated carbocycles. The first-order chi connectivity index (χ1) is 7.16. The van der Waals surface area contributed by atoms with E-state index in [0.29, 0.717) is 13.0 Å². The van der Waals surface area contributed by atoms with Crippen LogP contribution >= 0.6 is 12.4 Å². The maximum atomic E-state index is 13.3. The van der Waals surface area contributed by atoms with Gasteiger partial charge in [-0.05, 0) is 25.5 Å². The van der Waals surface area contributed by atoms with Crippen LogP contribution in [0.4, 0.5) is 8.78 Å². The average Bonchev–Trinajstić information content (AvgIpc) is 2.22. The Morgan fingerprint density at radius 3 is 2.50 bits per heavy atom. The van der Waals surface area contributed by atoms with Crippen LogP contribution < -0.4 is 11.5 Å². The second kappa shape index (κ2) is 7.54. The number of hydrogen-bond donors (Lipinski definition) is 2. The van der Waals surface area contributed by atoms with Crippen LogP contribution in [-0.4, -0.2) is 6.54 Å². The van der Waals surface area contributed by atoms with Gasteiger partial charge in [-0.25, -0.2) is 8.78 Å². The quantitative estimate of drug-likeness (QED) is 0.789. The molecule has 0 heterocycles. The average molecular weight is 251 g/mol. The van der Waals surface area contributed by atoms with Crippen LogP contribution in [0.2, 0.25) is 0 Å². The van der Waals surface area contributed by atoms with Crippen molar-refractivity contribution in [3.05, 3.63) is 35.4 Å². The summed E-state index contributed by atoms with van der Waals surface area (Å²) in [5, 5.41) is 0. The molecular formula is C11H17ClF2N2. The van der Waals surface area contributed by atoms with Crippen molar-refractivity contribution >= 4 is 12.4 Å². The van der Waals surface area contributed by atoms with E-state index in [0.717, 1.165) is 18.9 Å². The summed E-state index contributed by atoms with van der Waals surface area (Å²) in [5.41, 5.74) is 11.3. The lowest BCUT2D eigenvalue weighted by atomic mass is 10.0. The van der Waals surface area contributed by atoms with Crippen LogP contribution in [0.1, 0.15) is 30.9 Å². The molecule has 2 nitrogen and oxygen atoms in total. The molecule has 0 spiro atoms. The molecule has 1 atom stereocenters. The minimum Gasteiger partial charge on any atom is -0.330 e. The molecule has 0 amide bonds. The molecule has 1 aromatic rings. The maximum absolute atomic E-state index is 13.3. The van der Waals surface area contributed by atoms with Gasteiger partial charge in [0.1, 0.15) is 0 Å². The fraction of sp³-hybridized carbons (Fsp3) is 0.455. The lowest BCUT2D eigenvalue weighted by Gasteiger charge is -2.12. The minimum atomic E-state index is -0.846. The Kier molecular flexibility index (Phi) is 7.21. The first-order valence-corrected chi connectivity index (χ1v) is 5.06. The normalized spacial score (nSPS) is 12.0. The van der Waals surface area contributed by atoms with E-state index in [4.69, 9.17) is 11.5 Å². The highest BCUT2D eigenvalue weighted by atomic mass is 35.5. The van der Waals surface area contributed by atoms with Crippen molar-refractivity contribution < 1.29 is 8.78 Å². The Morgan fingerprint density at radius 1 is 1.19 bits per heavy atom. The van der Waals surface area contributed by atoms with Gasteiger partial charge in [0.2, 0.25) is 0 Å². The molecule has 0 radical (unpaired) electrons. The number of rotatable bonds is 5. The van der Waals surface area contributed by atoms with Crippen LogP contribution in [-0.2, 0) is 0 Å². The second-order valence-corrected chi connectivity index (χ2v) is 3.53. The van der Waals surface area contributed by atoms with E-state index in [2.05, 4.69) is 0 Å². The van der Waals surface area contributed by atoms with E-state index < -0.39 is 17.7 Å². The van der Waals surface area contributed by atoms with Crippen molar-refractivity contribution in [3.63, 3.8) is 0 Å². The Balaban J connectivity index is 0.00000225. The third kappa shape index (κ3) is 4.04.